The van der Waals surface area contributed by atoms with Crippen LogP contribution in [-0.4, -0.2) is 42.9 Å². The molecule has 3 N–H and O–H groups in total. The van der Waals surface area contributed by atoms with E-state index in [2.05, 4.69) is 16.0 Å². The first-order valence-electron chi connectivity index (χ1n) is 9.18. The SMILES string of the molecule is CN1C(=O)[C@H](NC(=O)C(C)(C)NC(=O)c2ccccc2)CNc2ccc(F)cc21. The summed E-state index contributed by atoms with van der Waals surface area (Å²) >= 11 is 0. The minimum absolute atomic E-state index is 0.135. The fourth-order valence-corrected chi connectivity index (χ4v) is 3.04. The van der Waals surface area contributed by atoms with Crippen molar-refractivity contribution >= 4 is 29.1 Å². The van der Waals surface area contributed by atoms with E-state index in [-0.39, 0.29) is 12.5 Å². The molecule has 0 radical (unpaired) electrons. The lowest BCUT2D eigenvalue weighted by molar-refractivity contribution is -0.130. The van der Waals surface area contributed by atoms with E-state index in [0.717, 1.165) is 0 Å². The molecular weight excluding hydrogens is 375 g/mol. The summed E-state index contributed by atoms with van der Waals surface area (Å²) in [6.45, 7) is 3.26. The average molecular weight is 398 g/mol. The summed E-state index contributed by atoms with van der Waals surface area (Å²) in [4.78, 5) is 39.3. The zero-order valence-corrected chi connectivity index (χ0v) is 16.5. The third-order valence-corrected chi connectivity index (χ3v) is 4.78. The Balaban J connectivity index is 1.71. The topological polar surface area (TPSA) is 90.5 Å². The Morgan fingerprint density at radius 1 is 1.17 bits per heavy atom. The van der Waals surface area contributed by atoms with Crippen LogP contribution in [0, 0.1) is 5.82 Å². The number of anilines is 2. The lowest BCUT2D eigenvalue weighted by Crippen LogP contribution is -2.60. The van der Waals surface area contributed by atoms with Gasteiger partial charge in [-0.3, -0.25) is 14.4 Å². The number of carbonyl (C=O) groups is 3. The molecule has 152 valence electrons. The van der Waals surface area contributed by atoms with Crippen molar-refractivity contribution < 1.29 is 18.8 Å². The van der Waals surface area contributed by atoms with E-state index in [0.29, 0.717) is 16.9 Å². The third kappa shape index (κ3) is 4.37. The molecule has 1 atom stereocenters. The summed E-state index contributed by atoms with van der Waals surface area (Å²) in [6.07, 6.45) is 0. The van der Waals surface area contributed by atoms with Crippen LogP contribution in [0.15, 0.2) is 48.5 Å². The van der Waals surface area contributed by atoms with E-state index in [1.807, 2.05) is 0 Å². The molecule has 0 aromatic heterocycles. The van der Waals surface area contributed by atoms with Crippen molar-refractivity contribution in [1.29, 1.82) is 0 Å². The Morgan fingerprint density at radius 2 is 1.86 bits per heavy atom. The lowest BCUT2D eigenvalue weighted by atomic mass is 10.0. The number of halogens is 1. The van der Waals surface area contributed by atoms with Gasteiger partial charge in [-0.2, -0.15) is 0 Å². The van der Waals surface area contributed by atoms with Gasteiger partial charge in [-0.05, 0) is 44.2 Å². The fraction of sp³-hybridized carbons (Fsp3) is 0.286. The van der Waals surface area contributed by atoms with E-state index in [1.54, 1.807) is 50.2 Å². The Labute approximate surface area is 168 Å². The van der Waals surface area contributed by atoms with E-state index in [4.69, 9.17) is 0 Å². The molecule has 0 unspecified atom stereocenters. The minimum Gasteiger partial charge on any atom is -0.381 e. The van der Waals surface area contributed by atoms with E-state index >= 15 is 0 Å². The van der Waals surface area contributed by atoms with Gasteiger partial charge in [0.1, 0.15) is 17.4 Å². The number of amides is 3. The van der Waals surface area contributed by atoms with Gasteiger partial charge in [0, 0.05) is 19.2 Å². The summed E-state index contributed by atoms with van der Waals surface area (Å²) < 4.78 is 13.6. The fourth-order valence-electron chi connectivity index (χ4n) is 3.04. The van der Waals surface area contributed by atoms with Gasteiger partial charge < -0.3 is 20.9 Å². The summed E-state index contributed by atoms with van der Waals surface area (Å²) in [5, 5.41) is 8.42. The van der Waals surface area contributed by atoms with Crippen LogP contribution in [0.3, 0.4) is 0 Å². The molecule has 29 heavy (non-hydrogen) atoms. The summed E-state index contributed by atoms with van der Waals surface area (Å²) in [6, 6.07) is 11.8. The Bertz CT molecular complexity index is 946. The lowest BCUT2D eigenvalue weighted by Gasteiger charge is -2.28. The van der Waals surface area contributed by atoms with Crippen molar-refractivity contribution in [3.05, 3.63) is 59.9 Å². The Kier molecular flexibility index (Phi) is 5.54. The molecule has 1 aliphatic heterocycles. The molecule has 0 fully saturated rings. The first-order chi connectivity index (χ1) is 13.7. The van der Waals surface area contributed by atoms with Crippen molar-refractivity contribution in [1.82, 2.24) is 10.6 Å². The number of hydrogen-bond donors (Lipinski definition) is 3. The molecule has 1 aliphatic rings. The van der Waals surface area contributed by atoms with Crippen LogP contribution < -0.4 is 20.9 Å². The van der Waals surface area contributed by atoms with Crippen molar-refractivity contribution in [2.75, 3.05) is 23.8 Å². The summed E-state index contributed by atoms with van der Waals surface area (Å²) in [7, 11) is 1.52. The van der Waals surface area contributed by atoms with Gasteiger partial charge in [-0.25, -0.2) is 4.39 Å². The Hall–Kier alpha value is -3.42. The molecule has 8 heteroatoms. The third-order valence-electron chi connectivity index (χ3n) is 4.78. The highest BCUT2D eigenvalue weighted by Gasteiger charge is 2.35. The predicted octanol–water partition coefficient (Wildman–Crippen LogP) is 1.91. The van der Waals surface area contributed by atoms with Crippen LogP contribution in [-0.2, 0) is 9.59 Å². The van der Waals surface area contributed by atoms with Gasteiger partial charge in [0.05, 0.1) is 11.4 Å². The first kappa shape index (κ1) is 20.3. The number of carbonyl (C=O) groups excluding carboxylic acids is 3. The highest BCUT2D eigenvalue weighted by Crippen LogP contribution is 2.28. The van der Waals surface area contributed by atoms with Crippen LogP contribution in [0.2, 0.25) is 0 Å². The molecule has 2 aromatic rings. The molecule has 0 bridgehead atoms. The summed E-state index contributed by atoms with van der Waals surface area (Å²) in [5.41, 5.74) is 0.161. The van der Waals surface area contributed by atoms with E-state index in [1.165, 1.54) is 24.1 Å². The highest BCUT2D eigenvalue weighted by molar-refractivity contribution is 6.04. The van der Waals surface area contributed by atoms with Gasteiger partial charge in [-0.15, -0.1) is 0 Å². The summed E-state index contributed by atoms with van der Waals surface area (Å²) in [5.74, 6) is -1.75. The maximum absolute atomic E-state index is 13.6. The number of fused-ring (bicyclic) bond motifs is 1. The van der Waals surface area contributed by atoms with Crippen molar-refractivity contribution in [2.24, 2.45) is 0 Å². The quantitative estimate of drug-likeness (QED) is 0.734. The molecule has 3 amide bonds. The monoisotopic (exact) mass is 398 g/mol. The maximum atomic E-state index is 13.6. The van der Waals surface area contributed by atoms with E-state index in [9.17, 15) is 18.8 Å². The van der Waals surface area contributed by atoms with Crippen molar-refractivity contribution in [3.63, 3.8) is 0 Å². The highest BCUT2D eigenvalue weighted by atomic mass is 19.1. The van der Waals surface area contributed by atoms with Gasteiger partial charge in [0.15, 0.2) is 0 Å². The smallest absolute Gasteiger partial charge is 0.252 e. The number of likely N-dealkylation sites (N-methyl/N-ethyl adjacent to an activating group) is 1. The standard InChI is InChI=1S/C21H23FN4O3/c1-21(2,25-18(27)13-7-5-4-6-8-13)20(29)24-16-12-23-15-10-9-14(22)11-17(15)26(3)19(16)28/h4-11,16,23H,12H2,1-3H3,(H,24,29)(H,25,27)/t16-/m1/s1. The van der Waals surface area contributed by atoms with Gasteiger partial charge in [0.25, 0.3) is 11.8 Å². The van der Waals surface area contributed by atoms with Crippen LogP contribution in [0.4, 0.5) is 15.8 Å². The number of benzene rings is 2. The normalized spacial score (nSPS) is 16.3. The second kappa shape index (κ2) is 7.90. The average Bonchev–Trinajstić information content (AvgIpc) is 2.80. The second-order valence-electron chi connectivity index (χ2n) is 7.41. The van der Waals surface area contributed by atoms with Gasteiger partial charge >= 0.3 is 0 Å². The second-order valence-corrected chi connectivity index (χ2v) is 7.41. The molecule has 1 heterocycles. The van der Waals surface area contributed by atoms with Crippen molar-refractivity contribution in [2.45, 2.75) is 25.4 Å². The number of hydrogen-bond acceptors (Lipinski definition) is 4. The molecule has 0 aliphatic carbocycles. The molecule has 0 spiro atoms. The molecule has 0 saturated carbocycles. The number of rotatable bonds is 4. The van der Waals surface area contributed by atoms with Crippen LogP contribution in [0.5, 0.6) is 0 Å². The first-order valence-corrected chi connectivity index (χ1v) is 9.18. The van der Waals surface area contributed by atoms with Crippen LogP contribution in [0.25, 0.3) is 0 Å². The van der Waals surface area contributed by atoms with Crippen molar-refractivity contribution in [3.8, 4) is 0 Å². The molecule has 7 nitrogen and oxygen atoms in total. The molecular formula is C21H23FN4O3. The Morgan fingerprint density at radius 3 is 2.55 bits per heavy atom. The predicted molar refractivity (Wildman–Crippen MR) is 108 cm³/mol. The number of nitrogens with one attached hydrogen (secondary N) is 3. The van der Waals surface area contributed by atoms with Crippen LogP contribution in [0.1, 0.15) is 24.2 Å². The number of nitrogens with zero attached hydrogens (tertiary/aromatic N) is 1. The van der Waals surface area contributed by atoms with Crippen LogP contribution >= 0.6 is 0 Å². The minimum atomic E-state index is -1.25. The zero-order chi connectivity index (χ0) is 21.2. The van der Waals surface area contributed by atoms with Gasteiger partial charge in [-0.1, -0.05) is 18.2 Å². The molecule has 0 saturated heterocycles. The van der Waals surface area contributed by atoms with Gasteiger partial charge in [0.2, 0.25) is 5.91 Å². The van der Waals surface area contributed by atoms with E-state index < -0.39 is 29.2 Å². The largest absolute Gasteiger partial charge is 0.381 e. The maximum Gasteiger partial charge on any atom is 0.252 e. The molecule has 2 aromatic carbocycles. The zero-order valence-electron chi connectivity index (χ0n) is 16.5. The molecule has 3 rings (SSSR count).